The van der Waals surface area contributed by atoms with E-state index in [1.54, 1.807) is 37.3 Å². The van der Waals surface area contributed by atoms with Crippen molar-refractivity contribution in [2.24, 2.45) is 0 Å². The Kier molecular flexibility index (Phi) is 5.43. The van der Waals surface area contributed by atoms with Crippen LogP contribution in [0.4, 0.5) is 11.4 Å². The molecular weight excluding hydrogens is 344 g/mol. The third kappa shape index (κ3) is 5.05. The van der Waals surface area contributed by atoms with Gasteiger partial charge in [-0.3, -0.25) is 9.52 Å². The fraction of sp³-hybridized carbons (Fsp3) is 0.176. The highest BCUT2D eigenvalue weighted by Gasteiger charge is 2.12. The first-order valence-corrected chi connectivity index (χ1v) is 9.17. The van der Waals surface area contributed by atoms with Crippen LogP contribution in [0, 0.1) is 6.92 Å². The summed E-state index contributed by atoms with van der Waals surface area (Å²) in [6, 6.07) is 11.0. The molecule has 0 saturated heterocycles. The summed E-state index contributed by atoms with van der Waals surface area (Å²) in [5.74, 6) is -0.968. The van der Waals surface area contributed by atoms with Gasteiger partial charge in [-0.1, -0.05) is 12.1 Å². The molecule has 0 radical (unpaired) electrons. The molecule has 1 amide bonds. The van der Waals surface area contributed by atoms with Crippen molar-refractivity contribution < 1.29 is 22.7 Å². The second kappa shape index (κ2) is 7.35. The average Bonchev–Trinajstić information content (AvgIpc) is 2.56. The van der Waals surface area contributed by atoms with Crippen molar-refractivity contribution in [2.75, 3.05) is 23.4 Å². The minimum atomic E-state index is -3.43. The number of methoxy groups -OCH3 is 1. The summed E-state index contributed by atoms with van der Waals surface area (Å²) in [4.78, 5) is 23.9. The van der Waals surface area contributed by atoms with Crippen LogP contribution in [0.5, 0.6) is 0 Å². The molecular formula is C17H18N2O5S. The number of hydrogen-bond acceptors (Lipinski definition) is 5. The van der Waals surface area contributed by atoms with Crippen molar-refractivity contribution in [1.29, 1.82) is 0 Å². The molecule has 0 aliphatic heterocycles. The zero-order chi connectivity index (χ0) is 18.6. The highest BCUT2D eigenvalue weighted by Crippen LogP contribution is 2.22. The van der Waals surface area contributed by atoms with Crippen molar-refractivity contribution in [3.05, 3.63) is 59.2 Å². The smallest absolute Gasteiger partial charge is 0.337 e. The van der Waals surface area contributed by atoms with Gasteiger partial charge in [0.25, 0.3) is 5.91 Å². The van der Waals surface area contributed by atoms with Crippen LogP contribution in [0.25, 0.3) is 0 Å². The largest absolute Gasteiger partial charge is 0.465 e. The minimum Gasteiger partial charge on any atom is -0.465 e. The van der Waals surface area contributed by atoms with E-state index in [1.807, 2.05) is 0 Å². The van der Waals surface area contributed by atoms with Gasteiger partial charge in [0.1, 0.15) is 0 Å². The second-order valence-corrected chi connectivity index (χ2v) is 7.18. The molecule has 0 aromatic heterocycles. The molecule has 0 unspecified atom stereocenters. The third-order valence-electron chi connectivity index (χ3n) is 3.34. The van der Waals surface area contributed by atoms with E-state index in [0.29, 0.717) is 11.4 Å². The molecule has 25 heavy (non-hydrogen) atoms. The fourth-order valence-electron chi connectivity index (χ4n) is 2.12. The summed E-state index contributed by atoms with van der Waals surface area (Å²) in [6.07, 6.45) is 1.05. The summed E-state index contributed by atoms with van der Waals surface area (Å²) in [6.45, 7) is 1.75. The van der Waals surface area contributed by atoms with E-state index in [1.165, 1.54) is 19.2 Å². The number of esters is 1. The molecule has 0 aliphatic rings. The van der Waals surface area contributed by atoms with Gasteiger partial charge < -0.3 is 10.1 Å². The van der Waals surface area contributed by atoms with Crippen molar-refractivity contribution in [3.8, 4) is 0 Å². The van der Waals surface area contributed by atoms with Gasteiger partial charge in [0, 0.05) is 11.3 Å². The molecule has 0 heterocycles. The van der Waals surface area contributed by atoms with Crippen LogP contribution >= 0.6 is 0 Å². The first-order valence-electron chi connectivity index (χ1n) is 7.28. The minimum absolute atomic E-state index is 0.262. The van der Waals surface area contributed by atoms with Gasteiger partial charge in [-0.15, -0.1) is 0 Å². The van der Waals surface area contributed by atoms with Gasteiger partial charge in [0.2, 0.25) is 10.0 Å². The molecule has 0 spiro atoms. The Morgan fingerprint density at radius 1 is 1.04 bits per heavy atom. The number of amides is 1. The number of aryl methyl sites for hydroxylation is 1. The highest BCUT2D eigenvalue weighted by atomic mass is 32.2. The number of rotatable bonds is 5. The highest BCUT2D eigenvalue weighted by molar-refractivity contribution is 7.92. The number of carbonyl (C=O) groups excluding carboxylic acids is 2. The van der Waals surface area contributed by atoms with E-state index in [2.05, 4.69) is 14.8 Å². The SMILES string of the molecule is COC(=O)c1cccc(C(=O)Nc2ccc(C)c(NS(C)(=O)=O)c2)c1. The van der Waals surface area contributed by atoms with Crippen LogP contribution in [0.15, 0.2) is 42.5 Å². The first kappa shape index (κ1) is 18.5. The van der Waals surface area contributed by atoms with Gasteiger partial charge >= 0.3 is 5.97 Å². The zero-order valence-electron chi connectivity index (χ0n) is 14.0. The average molecular weight is 362 g/mol. The Balaban J connectivity index is 2.23. The second-order valence-electron chi connectivity index (χ2n) is 5.43. The molecule has 0 bridgehead atoms. The van der Waals surface area contributed by atoms with Crippen LogP contribution in [-0.2, 0) is 14.8 Å². The Labute approximate surface area is 146 Å². The number of carbonyl (C=O) groups is 2. The van der Waals surface area contributed by atoms with Gasteiger partial charge in [0.05, 0.1) is 24.6 Å². The lowest BCUT2D eigenvalue weighted by atomic mass is 10.1. The summed E-state index contributed by atoms with van der Waals surface area (Å²) >= 11 is 0. The number of ether oxygens (including phenoxy) is 1. The summed E-state index contributed by atoms with van der Waals surface area (Å²) in [5, 5.41) is 2.67. The molecule has 2 rings (SSSR count). The first-order chi connectivity index (χ1) is 11.7. The van der Waals surface area contributed by atoms with Crippen molar-refractivity contribution >= 4 is 33.3 Å². The van der Waals surface area contributed by atoms with E-state index in [-0.39, 0.29) is 11.1 Å². The lowest BCUT2D eigenvalue weighted by Crippen LogP contribution is -2.14. The zero-order valence-corrected chi connectivity index (χ0v) is 14.8. The van der Waals surface area contributed by atoms with E-state index in [0.717, 1.165) is 11.8 Å². The molecule has 2 aromatic rings. The Morgan fingerprint density at radius 3 is 2.36 bits per heavy atom. The Bertz CT molecular complexity index is 922. The molecule has 2 N–H and O–H groups in total. The number of nitrogens with one attached hydrogen (secondary N) is 2. The van der Waals surface area contributed by atoms with E-state index in [4.69, 9.17) is 0 Å². The van der Waals surface area contributed by atoms with Crippen LogP contribution in [0.2, 0.25) is 0 Å². The number of sulfonamides is 1. The summed E-state index contributed by atoms with van der Waals surface area (Å²) in [7, 11) is -2.17. The molecule has 132 valence electrons. The monoisotopic (exact) mass is 362 g/mol. The molecule has 0 atom stereocenters. The van der Waals surface area contributed by atoms with Crippen LogP contribution in [0.3, 0.4) is 0 Å². The van der Waals surface area contributed by atoms with Crippen molar-refractivity contribution in [1.82, 2.24) is 0 Å². The van der Waals surface area contributed by atoms with E-state index < -0.39 is 21.9 Å². The van der Waals surface area contributed by atoms with Crippen LogP contribution in [0.1, 0.15) is 26.3 Å². The Morgan fingerprint density at radius 2 is 1.72 bits per heavy atom. The molecule has 8 heteroatoms. The molecule has 2 aromatic carbocycles. The normalized spacial score (nSPS) is 10.8. The maximum absolute atomic E-state index is 12.4. The van der Waals surface area contributed by atoms with Gasteiger partial charge in [0.15, 0.2) is 0 Å². The van der Waals surface area contributed by atoms with Gasteiger partial charge in [-0.2, -0.15) is 0 Å². The maximum atomic E-state index is 12.4. The number of benzene rings is 2. The van der Waals surface area contributed by atoms with Gasteiger partial charge in [-0.05, 0) is 42.8 Å². The fourth-order valence-corrected chi connectivity index (χ4v) is 2.74. The molecule has 0 fully saturated rings. The molecule has 0 saturated carbocycles. The molecule has 0 aliphatic carbocycles. The Hall–Kier alpha value is -2.87. The summed E-state index contributed by atoms with van der Waals surface area (Å²) in [5.41, 5.74) is 2.06. The number of hydrogen-bond donors (Lipinski definition) is 2. The predicted octanol–water partition coefficient (Wildman–Crippen LogP) is 2.41. The van der Waals surface area contributed by atoms with Crippen molar-refractivity contribution in [3.63, 3.8) is 0 Å². The van der Waals surface area contributed by atoms with E-state index in [9.17, 15) is 18.0 Å². The lowest BCUT2D eigenvalue weighted by Gasteiger charge is -2.11. The topological polar surface area (TPSA) is 102 Å². The quantitative estimate of drug-likeness (QED) is 0.795. The lowest BCUT2D eigenvalue weighted by molar-refractivity contribution is 0.0600. The third-order valence-corrected chi connectivity index (χ3v) is 3.93. The predicted molar refractivity (Wildman–Crippen MR) is 95.4 cm³/mol. The van der Waals surface area contributed by atoms with Crippen LogP contribution < -0.4 is 10.0 Å². The standard InChI is InChI=1S/C17H18N2O5S/c1-11-7-8-14(10-15(11)19-25(3,22)23)18-16(20)12-5-4-6-13(9-12)17(21)24-2/h4-10,19H,1-3H3,(H,18,20). The number of anilines is 2. The molecule has 7 nitrogen and oxygen atoms in total. The van der Waals surface area contributed by atoms with Crippen LogP contribution in [-0.4, -0.2) is 33.7 Å². The summed E-state index contributed by atoms with van der Waals surface area (Å²) < 4.78 is 29.8. The van der Waals surface area contributed by atoms with Crippen molar-refractivity contribution in [2.45, 2.75) is 6.92 Å². The maximum Gasteiger partial charge on any atom is 0.337 e. The van der Waals surface area contributed by atoms with Gasteiger partial charge in [-0.25, -0.2) is 13.2 Å². The van der Waals surface area contributed by atoms with E-state index >= 15 is 0 Å².